The molecular weight excluding hydrogens is 186 g/mol. The third-order valence-electron chi connectivity index (χ3n) is 0.195. The number of hydrogen-bond acceptors (Lipinski definition) is 6. The lowest BCUT2D eigenvalue weighted by Gasteiger charge is -2.04. The van der Waals surface area contributed by atoms with Crippen LogP contribution in [0.1, 0.15) is 0 Å². The predicted octanol–water partition coefficient (Wildman–Crippen LogP) is -3.19. The van der Waals surface area contributed by atoms with Crippen LogP contribution in [-0.2, 0) is 9.15 Å². The molecular formula is C3H15NO5Si2. The van der Waals surface area contributed by atoms with Crippen LogP contribution in [0.4, 0.5) is 0 Å². The molecule has 0 saturated heterocycles. The molecule has 0 aromatic heterocycles. The van der Waals surface area contributed by atoms with Gasteiger partial charge in [0.25, 0.3) is 0 Å². The average Bonchev–Trinajstić information content (AvgIpc) is 1.58. The fourth-order valence-electron chi connectivity index (χ4n) is 0.112. The van der Waals surface area contributed by atoms with Crippen LogP contribution in [0.5, 0.6) is 0 Å². The van der Waals surface area contributed by atoms with Crippen molar-refractivity contribution < 1.29 is 23.5 Å². The van der Waals surface area contributed by atoms with Gasteiger partial charge in [-0.05, 0) is 21.1 Å². The van der Waals surface area contributed by atoms with Gasteiger partial charge in [0.2, 0.25) is 0 Å². The fraction of sp³-hybridized carbons (Fsp3) is 1.00. The monoisotopic (exact) mass is 201 g/mol. The average molecular weight is 201 g/mol. The Hall–Kier alpha value is 0.194. The summed E-state index contributed by atoms with van der Waals surface area (Å²) in [6.07, 6.45) is 0. The van der Waals surface area contributed by atoms with E-state index in [0.29, 0.717) is 0 Å². The highest BCUT2D eigenvalue weighted by molar-refractivity contribution is 6.48. The molecule has 0 aliphatic heterocycles. The molecule has 8 heteroatoms. The number of nitrogens with zero attached hydrogens (tertiary/aromatic N) is 1. The highest BCUT2D eigenvalue weighted by Gasteiger charge is 2.31. The van der Waals surface area contributed by atoms with E-state index in [1.165, 1.54) is 0 Å². The van der Waals surface area contributed by atoms with Crippen LogP contribution in [-0.4, -0.2) is 60.0 Å². The summed E-state index contributed by atoms with van der Waals surface area (Å²) < 4.78 is 7.45. The summed E-state index contributed by atoms with van der Waals surface area (Å²) in [6.45, 7) is 0. The molecule has 0 bridgehead atoms. The van der Waals surface area contributed by atoms with Gasteiger partial charge >= 0.3 is 9.05 Å². The van der Waals surface area contributed by atoms with Gasteiger partial charge in [-0.2, -0.15) is 0 Å². The summed E-state index contributed by atoms with van der Waals surface area (Å²) in [7, 11) is 1.86. The van der Waals surface area contributed by atoms with Crippen LogP contribution in [0.3, 0.4) is 0 Å². The van der Waals surface area contributed by atoms with E-state index in [1.807, 2.05) is 26.0 Å². The normalized spacial score (nSPS) is 11.2. The first-order valence-corrected chi connectivity index (χ1v) is 5.36. The van der Waals surface area contributed by atoms with Crippen LogP contribution < -0.4 is 0 Å². The Labute approximate surface area is 69.9 Å². The molecule has 70 valence electrons. The quantitative estimate of drug-likeness (QED) is 0.248. The molecule has 0 aromatic carbocycles. The van der Waals surface area contributed by atoms with Gasteiger partial charge in [-0.25, -0.2) is 4.58 Å². The highest BCUT2D eigenvalue weighted by Crippen LogP contribution is 1.85. The van der Waals surface area contributed by atoms with Gasteiger partial charge in [0.1, 0.15) is 0 Å². The van der Waals surface area contributed by atoms with Gasteiger partial charge in [-0.1, -0.05) is 0 Å². The Balaban J connectivity index is 0. The minimum Gasteiger partial charge on any atom is -0.366 e. The first-order valence-electron chi connectivity index (χ1n) is 2.79. The highest BCUT2D eigenvalue weighted by atomic mass is 28.4. The topological polar surface area (TPSA) is 82.4 Å². The van der Waals surface area contributed by atoms with Gasteiger partial charge in [0.15, 0.2) is 10.5 Å². The third kappa shape index (κ3) is 38.9. The van der Waals surface area contributed by atoms with Crippen molar-refractivity contribution in [2.45, 2.75) is 0 Å². The van der Waals surface area contributed by atoms with Crippen LogP contribution >= 0.6 is 0 Å². The maximum absolute atomic E-state index is 7.94. The second kappa shape index (κ2) is 6.88. The lowest BCUT2D eigenvalue weighted by Crippen LogP contribution is -2.38. The summed E-state index contributed by atoms with van der Waals surface area (Å²) in [6, 6.07) is 0. The van der Waals surface area contributed by atoms with Crippen LogP contribution in [0, 0.1) is 0 Å². The minimum absolute atomic E-state index is 0.202. The third-order valence-corrected chi connectivity index (χ3v) is 1.09. The van der Waals surface area contributed by atoms with Crippen molar-refractivity contribution in [1.82, 2.24) is 4.90 Å². The van der Waals surface area contributed by atoms with Gasteiger partial charge in [0.05, 0.1) is 0 Å². The summed E-state index contributed by atoms with van der Waals surface area (Å²) in [5.74, 6) is 0. The maximum Gasteiger partial charge on any atom is 0.698 e. The lowest BCUT2D eigenvalue weighted by atomic mass is 11.0. The molecule has 3 N–H and O–H groups in total. The van der Waals surface area contributed by atoms with E-state index < -0.39 is 9.05 Å². The molecule has 0 saturated carbocycles. The molecule has 0 radical (unpaired) electrons. The Morgan fingerprint density at radius 1 is 1.18 bits per heavy atom. The summed E-state index contributed by atoms with van der Waals surface area (Å²) in [4.78, 5) is 25.8. The van der Waals surface area contributed by atoms with Gasteiger partial charge in [-0.3, -0.25) is 0 Å². The molecule has 0 rings (SSSR count). The van der Waals surface area contributed by atoms with Crippen molar-refractivity contribution in [3.63, 3.8) is 0 Å². The molecule has 0 heterocycles. The molecule has 0 amide bonds. The first-order chi connectivity index (χ1) is 4.79. The molecule has 0 aliphatic carbocycles. The Bertz CT molecular complexity index is 81.5. The summed E-state index contributed by atoms with van der Waals surface area (Å²) >= 11 is 0. The SMILES string of the molecule is CN(C)C.O[Si](O)(O)OO[SiH3]. The second-order valence-electron chi connectivity index (χ2n) is 2.17. The Morgan fingerprint density at radius 3 is 1.45 bits per heavy atom. The van der Waals surface area contributed by atoms with E-state index >= 15 is 0 Å². The fourth-order valence-corrected chi connectivity index (χ4v) is 1.01. The summed E-state index contributed by atoms with van der Waals surface area (Å²) in [5.41, 5.74) is 0. The molecule has 0 aromatic rings. The molecule has 6 nitrogen and oxygen atoms in total. The lowest BCUT2D eigenvalue weighted by molar-refractivity contribution is -0.173. The smallest absolute Gasteiger partial charge is 0.366 e. The number of hydrogen-bond donors (Lipinski definition) is 3. The van der Waals surface area contributed by atoms with E-state index in [2.05, 4.69) is 9.15 Å². The molecule has 0 atom stereocenters. The molecule has 0 unspecified atom stereocenters. The van der Waals surface area contributed by atoms with Crippen molar-refractivity contribution in [1.29, 1.82) is 0 Å². The number of rotatable bonds is 2. The van der Waals surface area contributed by atoms with Crippen LogP contribution in [0.15, 0.2) is 0 Å². The van der Waals surface area contributed by atoms with E-state index in [9.17, 15) is 0 Å². The van der Waals surface area contributed by atoms with E-state index in [-0.39, 0.29) is 10.5 Å². The van der Waals surface area contributed by atoms with Gasteiger partial charge in [-0.15, -0.1) is 0 Å². The van der Waals surface area contributed by atoms with Crippen molar-refractivity contribution in [2.24, 2.45) is 0 Å². The van der Waals surface area contributed by atoms with E-state index in [0.717, 1.165) is 0 Å². The Kier molecular flexibility index (Phi) is 8.60. The Morgan fingerprint density at radius 2 is 1.45 bits per heavy atom. The molecule has 0 spiro atoms. The zero-order valence-electron chi connectivity index (χ0n) is 7.11. The minimum atomic E-state index is -4.34. The largest absolute Gasteiger partial charge is 0.698 e. The second-order valence-corrected chi connectivity index (χ2v) is 3.81. The van der Waals surface area contributed by atoms with Crippen molar-refractivity contribution in [3.8, 4) is 0 Å². The van der Waals surface area contributed by atoms with Crippen LogP contribution in [0.25, 0.3) is 0 Å². The van der Waals surface area contributed by atoms with E-state index in [4.69, 9.17) is 14.4 Å². The molecule has 0 aliphatic rings. The van der Waals surface area contributed by atoms with Crippen molar-refractivity contribution in [3.05, 3.63) is 0 Å². The van der Waals surface area contributed by atoms with Crippen molar-refractivity contribution >= 4 is 19.5 Å². The van der Waals surface area contributed by atoms with Gasteiger partial charge < -0.3 is 23.9 Å². The predicted molar refractivity (Wildman–Crippen MR) is 44.1 cm³/mol. The summed E-state index contributed by atoms with van der Waals surface area (Å²) in [5, 5.41) is 0. The zero-order valence-corrected chi connectivity index (χ0v) is 10.1. The standard InChI is InChI=1S/C3H9N.H6O5Si2/c1-4(2)3;1-7(2,3)5-4-6/h1-3H3;1-3H,6H3. The molecule has 11 heavy (non-hydrogen) atoms. The zero-order chi connectivity index (χ0) is 9.49. The van der Waals surface area contributed by atoms with Gasteiger partial charge in [0, 0.05) is 0 Å². The van der Waals surface area contributed by atoms with Crippen molar-refractivity contribution in [2.75, 3.05) is 21.1 Å². The maximum atomic E-state index is 7.94. The first kappa shape index (κ1) is 13.8. The molecule has 0 fully saturated rings. The van der Waals surface area contributed by atoms with Crippen LogP contribution in [0.2, 0.25) is 0 Å². The van der Waals surface area contributed by atoms with E-state index in [1.54, 1.807) is 0 Å².